The Morgan fingerprint density at radius 2 is 2.27 bits per heavy atom. The molecule has 4 rings (SSSR count). The molecule has 1 amide bonds. The lowest BCUT2D eigenvalue weighted by Gasteiger charge is -2.56. The topological polar surface area (TPSA) is 75.7 Å². The van der Waals surface area contributed by atoms with Gasteiger partial charge in [0.25, 0.3) is 0 Å². The summed E-state index contributed by atoms with van der Waals surface area (Å²) in [5.74, 6) is 0.691. The van der Waals surface area contributed by atoms with Crippen molar-refractivity contribution in [3.05, 3.63) is 27.2 Å². The number of amides is 1. The van der Waals surface area contributed by atoms with Crippen molar-refractivity contribution in [2.45, 2.75) is 38.8 Å². The number of ether oxygens (including phenoxy) is 1. The van der Waals surface area contributed by atoms with Crippen LogP contribution >= 0.6 is 22.6 Å². The Bertz CT molecular complexity index is 768. The highest BCUT2D eigenvalue weighted by Gasteiger charge is 2.58. The van der Waals surface area contributed by atoms with Crippen molar-refractivity contribution in [2.75, 3.05) is 19.6 Å². The first kappa shape index (κ1) is 17.8. The summed E-state index contributed by atoms with van der Waals surface area (Å²) < 4.78 is 6.51. The zero-order chi connectivity index (χ0) is 18.5. The number of carbonyl (C=O) groups excluding carboxylic acids is 1. The van der Waals surface area contributed by atoms with E-state index in [2.05, 4.69) is 38.4 Å². The van der Waals surface area contributed by atoms with Gasteiger partial charge >= 0.3 is 6.09 Å². The van der Waals surface area contributed by atoms with Crippen LogP contribution in [-0.4, -0.2) is 47.3 Å². The van der Waals surface area contributed by atoms with E-state index < -0.39 is 5.60 Å². The van der Waals surface area contributed by atoms with E-state index in [4.69, 9.17) is 9.57 Å². The summed E-state index contributed by atoms with van der Waals surface area (Å²) in [5, 5.41) is 3.43. The van der Waals surface area contributed by atoms with Crippen LogP contribution in [0.4, 0.5) is 4.79 Å². The summed E-state index contributed by atoms with van der Waals surface area (Å²) >= 11 is 2.18. The quantitative estimate of drug-likeness (QED) is 0.486. The lowest BCUT2D eigenvalue weighted by Crippen LogP contribution is -2.69. The average Bonchev–Trinajstić information content (AvgIpc) is 3.02. The first-order valence-corrected chi connectivity index (χ1v) is 9.87. The molecule has 2 atom stereocenters. The summed E-state index contributed by atoms with van der Waals surface area (Å²) in [6.07, 6.45) is 2.72. The van der Waals surface area contributed by atoms with Crippen LogP contribution in [0.15, 0.2) is 17.8 Å². The number of carbonyl (C=O) groups is 1. The molecule has 8 heteroatoms. The zero-order valence-electron chi connectivity index (χ0n) is 15.1. The molecule has 2 fully saturated rings. The first-order valence-electron chi connectivity index (χ1n) is 8.79. The van der Waals surface area contributed by atoms with Crippen LogP contribution in [-0.2, 0) is 4.74 Å². The number of hydrogen-bond donors (Lipinski definition) is 2. The number of aromatic nitrogens is 1. The highest BCUT2D eigenvalue weighted by atomic mass is 127. The van der Waals surface area contributed by atoms with E-state index in [1.54, 1.807) is 4.90 Å². The van der Waals surface area contributed by atoms with E-state index >= 15 is 0 Å². The standard InChI is InChI=1S/C18H23IN4O3/c1-17(2,3)25-16(24)23-10-18(6-7-20-9-18)15(23)12-8-11-13(26-22-12)4-5-14(19)21-11/h4-5,8,15,20,22H,6-7,9-10H2,1-3H3. The molecule has 0 aliphatic carbocycles. The van der Waals surface area contributed by atoms with Crippen LogP contribution in [0.2, 0.25) is 0 Å². The Hall–Kier alpha value is -1.55. The van der Waals surface area contributed by atoms with Crippen LogP contribution in [0.1, 0.15) is 32.9 Å². The molecule has 26 heavy (non-hydrogen) atoms. The van der Waals surface area contributed by atoms with Gasteiger partial charge < -0.3 is 14.9 Å². The van der Waals surface area contributed by atoms with Gasteiger partial charge in [0.1, 0.15) is 15.0 Å². The monoisotopic (exact) mass is 470 g/mol. The molecule has 1 aromatic rings. The SMILES string of the molecule is CC(C)(C)OC(=O)N1CC2(CCNC2)C1C1=Cc2nc(I)ccc2ON1. The van der Waals surface area contributed by atoms with Gasteiger partial charge in [-0.2, -0.15) is 0 Å². The third-order valence-corrected chi connectivity index (χ3v) is 5.60. The Balaban J connectivity index is 1.65. The van der Waals surface area contributed by atoms with E-state index in [0.717, 1.165) is 34.6 Å². The van der Waals surface area contributed by atoms with Gasteiger partial charge in [-0.15, -0.1) is 0 Å². The van der Waals surface area contributed by atoms with Crippen LogP contribution in [0, 0.1) is 9.12 Å². The molecular weight excluding hydrogens is 447 g/mol. The molecule has 3 aliphatic heterocycles. The molecule has 2 saturated heterocycles. The summed E-state index contributed by atoms with van der Waals surface area (Å²) in [5.41, 5.74) is 4.16. The highest BCUT2D eigenvalue weighted by molar-refractivity contribution is 14.1. The van der Waals surface area contributed by atoms with Crippen molar-refractivity contribution in [2.24, 2.45) is 5.41 Å². The number of nitrogens with zero attached hydrogens (tertiary/aromatic N) is 2. The van der Waals surface area contributed by atoms with Gasteiger partial charge in [-0.05, 0) is 74.5 Å². The Labute approximate surface area is 166 Å². The van der Waals surface area contributed by atoms with E-state index in [0.29, 0.717) is 12.3 Å². The van der Waals surface area contributed by atoms with Crippen molar-refractivity contribution in [3.63, 3.8) is 0 Å². The Morgan fingerprint density at radius 1 is 1.46 bits per heavy atom. The molecule has 3 aliphatic rings. The predicted molar refractivity (Wildman–Crippen MR) is 105 cm³/mol. The molecule has 140 valence electrons. The van der Waals surface area contributed by atoms with E-state index in [1.807, 2.05) is 39.0 Å². The summed E-state index contributed by atoms with van der Waals surface area (Å²) in [4.78, 5) is 24.7. The molecule has 0 radical (unpaired) electrons. The summed E-state index contributed by atoms with van der Waals surface area (Å²) in [6, 6.07) is 3.68. The first-order chi connectivity index (χ1) is 12.3. The molecule has 2 N–H and O–H groups in total. The Kier molecular flexibility index (Phi) is 4.30. The molecule has 4 heterocycles. The maximum Gasteiger partial charge on any atom is 0.410 e. The molecule has 2 unspecified atom stereocenters. The molecule has 0 saturated carbocycles. The maximum absolute atomic E-state index is 12.7. The van der Waals surface area contributed by atoms with E-state index in [9.17, 15) is 4.79 Å². The van der Waals surface area contributed by atoms with Crippen molar-refractivity contribution in [1.82, 2.24) is 20.7 Å². The van der Waals surface area contributed by atoms with Gasteiger partial charge in [0.05, 0.1) is 11.7 Å². The van der Waals surface area contributed by atoms with Crippen LogP contribution in [0.25, 0.3) is 6.08 Å². The van der Waals surface area contributed by atoms with Gasteiger partial charge in [0.15, 0.2) is 5.75 Å². The van der Waals surface area contributed by atoms with Crippen molar-refractivity contribution >= 4 is 34.8 Å². The van der Waals surface area contributed by atoms with Gasteiger partial charge in [-0.3, -0.25) is 4.90 Å². The fraction of sp³-hybridized carbons (Fsp3) is 0.556. The number of fused-ring (bicyclic) bond motifs is 1. The number of pyridine rings is 1. The van der Waals surface area contributed by atoms with Gasteiger partial charge in [-0.1, -0.05) is 0 Å². The molecule has 1 aromatic heterocycles. The maximum atomic E-state index is 12.7. The second-order valence-corrected chi connectivity index (χ2v) is 9.23. The number of hydroxylamine groups is 1. The lowest BCUT2D eigenvalue weighted by molar-refractivity contribution is -0.0638. The van der Waals surface area contributed by atoms with Gasteiger partial charge in [0, 0.05) is 18.5 Å². The van der Waals surface area contributed by atoms with E-state index in [-0.39, 0.29) is 17.6 Å². The van der Waals surface area contributed by atoms with Crippen LogP contribution in [0.3, 0.4) is 0 Å². The molecule has 0 aromatic carbocycles. The minimum atomic E-state index is -0.520. The van der Waals surface area contributed by atoms with Gasteiger partial charge in [0.2, 0.25) is 0 Å². The van der Waals surface area contributed by atoms with Crippen LogP contribution < -0.4 is 15.6 Å². The molecule has 7 nitrogen and oxygen atoms in total. The second kappa shape index (κ2) is 6.26. The fourth-order valence-corrected chi connectivity index (χ4v) is 4.35. The van der Waals surface area contributed by atoms with Crippen molar-refractivity contribution in [3.8, 4) is 5.75 Å². The summed E-state index contributed by atoms with van der Waals surface area (Å²) in [6.45, 7) is 8.18. The minimum absolute atomic E-state index is 0.0124. The number of nitrogens with one attached hydrogen (secondary N) is 2. The zero-order valence-corrected chi connectivity index (χ0v) is 17.3. The Morgan fingerprint density at radius 3 is 2.96 bits per heavy atom. The third kappa shape index (κ3) is 3.13. The third-order valence-electron chi connectivity index (χ3n) is 5.00. The average molecular weight is 470 g/mol. The van der Waals surface area contributed by atoms with Gasteiger partial charge in [-0.25, -0.2) is 15.3 Å². The smallest absolute Gasteiger partial charge is 0.410 e. The number of hydrogen-bond acceptors (Lipinski definition) is 6. The number of halogens is 1. The second-order valence-electron chi connectivity index (χ2n) is 8.12. The summed E-state index contributed by atoms with van der Waals surface area (Å²) in [7, 11) is 0. The molecule has 1 spiro atoms. The number of rotatable bonds is 1. The minimum Gasteiger partial charge on any atom is -0.444 e. The normalized spacial score (nSPS) is 27.2. The molecular formula is C18H23IN4O3. The number of likely N-dealkylation sites (tertiary alicyclic amines) is 1. The van der Waals surface area contributed by atoms with E-state index in [1.165, 1.54) is 0 Å². The van der Waals surface area contributed by atoms with Crippen molar-refractivity contribution < 1.29 is 14.4 Å². The predicted octanol–water partition coefficient (Wildman–Crippen LogP) is 2.52. The highest BCUT2D eigenvalue weighted by Crippen LogP contribution is 2.47. The van der Waals surface area contributed by atoms with Crippen LogP contribution in [0.5, 0.6) is 5.75 Å². The van der Waals surface area contributed by atoms with Crippen molar-refractivity contribution in [1.29, 1.82) is 0 Å². The fourth-order valence-electron chi connectivity index (χ4n) is 3.91. The largest absolute Gasteiger partial charge is 0.444 e. The molecule has 0 bridgehead atoms. The lowest BCUT2D eigenvalue weighted by atomic mass is 9.69.